The number of guanidine groups is 1. The van der Waals surface area contributed by atoms with Gasteiger partial charge in [-0.2, -0.15) is 0 Å². The van der Waals surface area contributed by atoms with E-state index in [4.69, 9.17) is 4.74 Å². The predicted molar refractivity (Wildman–Crippen MR) is 100 cm³/mol. The molecule has 140 valence electrons. The lowest BCUT2D eigenvalue weighted by Gasteiger charge is -2.41. The Labute approximate surface area is 150 Å². The van der Waals surface area contributed by atoms with Gasteiger partial charge in [0.25, 0.3) is 0 Å². The summed E-state index contributed by atoms with van der Waals surface area (Å²) in [4.78, 5) is 7.02. The van der Waals surface area contributed by atoms with Gasteiger partial charge in [-0.05, 0) is 44.9 Å². The smallest absolute Gasteiger partial charge is 0.191 e. The van der Waals surface area contributed by atoms with Crippen LogP contribution in [0.3, 0.4) is 0 Å². The van der Waals surface area contributed by atoms with Crippen LogP contribution in [0.25, 0.3) is 0 Å². The predicted octanol–water partition coefficient (Wildman–Crippen LogP) is 2.30. The number of hydrogen-bond donors (Lipinski definition) is 2. The second kappa shape index (κ2) is 9.15. The first-order valence-corrected chi connectivity index (χ1v) is 9.02. The van der Waals surface area contributed by atoms with E-state index in [9.17, 15) is 4.39 Å². The van der Waals surface area contributed by atoms with E-state index in [0.29, 0.717) is 12.1 Å². The number of morpholine rings is 1. The van der Waals surface area contributed by atoms with Crippen molar-refractivity contribution < 1.29 is 9.13 Å². The molecule has 0 radical (unpaired) electrons. The number of hydrogen-bond acceptors (Lipinski definition) is 3. The summed E-state index contributed by atoms with van der Waals surface area (Å²) in [5.41, 5.74) is 1.54. The molecule has 5 nitrogen and oxygen atoms in total. The fourth-order valence-electron chi connectivity index (χ4n) is 2.83. The van der Waals surface area contributed by atoms with Gasteiger partial charge in [-0.3, -0.25) is 4.90 Å². The lowest BCUT2D eigenvalue weighted by atomic mass is 10.0. The van der Waals surface area contributed by atoms with Crippen molar-refractivity contribution >= 4 is 5.96 Å². The Kier molecular flexibility index (Phi) is 7.20. The van der Waals surface area contributed by atoms with Crippen LogP contribution in [-0.4, -0.2) is 55.8 Å². The highest BCUT2D eigenvalue weighted by atomic mass is 19.1. The molecule has 0 spiro atoms. The average molecular weight is 350 g/mol. The summed E-state index contributed by atoms with van der Waals surface area (Å²) in [6.07, 6.45) is 0. The van der Waals surface area contributed by atoms with Gasteiger partial charge in [0, 0.05) is 31.7 Å². The Morgan fingerprint density at radius 2 is 2.00 bits per heavy atom. The molecule has 0 aromatic heterocycles. The van der Waals surface area contributed by atoms with Crippen LogP contribution < -0.4 is 10.6 Å². The van der Waals surface area contributed by atoms with Crippen LogP contribution in [0, 0.1) is 12.7 Å². The number of ether oxygens (including phenoxy) is 1. The summed E-state index contributed by atoms with van der Waals surface area (Å²) >= 11 is 0. The van der Waals surface area contributed by atoms with Gasteiger partial charge in [0.15, 0.2) is 5.96 Å². The number of nitrogens with zero attached hydrogens (tertiary/aromatic N) is 2. The largest absolute Gasteiger partial charge is 0.379 e. The average Bonchev–Trinajstić information content (AvgIpc) is 2.61. The van der Waals surface area contributed by atoms with Gasteiger partial charge in [-0.15, -0.1) is 0 Å². The molecule has 1 aliphatic heterocycles. The van der Waals surface area contributed by atoms with Crippen LogP contribution in [0.1, 0.15) is 31.9 Å². The highest BCUT2D eigenvalue weighted by Gasteiger charge is 2.28. The summed E-state index contributed by atoms with van der Waals surface area (Å²) in [6, 6.07) is 5.27. The Bertz CT molecular complexity index is 583. The number of aliphatic imine (C=N–C) groups is 1. The number of aryl methyl sites for hydroxylation is 1. The Balaban J connectivity index is 1.95. The van der Waals surface area contributed by atoms with Crippen molar-refractivity contribution in [2.24, 2.45) is 4.99 Å². The van der Waals surface area contributed by atoms with Gasteiger partial charge in [-0.25, -0.2) is 9.38 Å². The van der Waals surface area contributed by atoms with Crippen LogP contribution >= 0.6 is 0 Å². The Morgan fingerprint density at radius 3 is 2.64 bits per heavy atom. The second-order valence-electron chi connectivity index (χ2n) is 7.04. The molecule has 1 aliphatic rings. The van der Waals surface area contributed by atoms with Gasteiger partial charge in [-0.1, -0.05) is 12.1 Å². The molecule has 0 aliphatic carbocycles. The number of benzene rings is 1. The van der Waals surface area contributed by atoms with E-state index in [1.54, 1.807) is 19.1 Å². The zero-order valence-electron chi connectivity index (χ0n) is 15.9. The summed E-state index contributed by atoms with van der Waals surface area (Å²) in [5, 5.41) is 6.67. The van der Waals surface area contributed by atoms with Crippen molar-refractivity contribution in [3.05, 3.63) is 35.1 Å². The molecule has 2 N–H and O–H groups in total. The molecular weight excluding hydrogens is 319 g/mol. The fraction of sp³-hybridized carbons (Fsp3) is 0.632. The van der Waals surface area contributed by atoms with E-state index < -0.39 is 0 Å². The molecule has 1 aromatic rings. The molecule has 0 saturated carbocycles. The Morgan fingerprint density at radius 1 is 1.28 bits per heavy atom. The Hall–Kier alpha value is -1.66. The van der Waals surface area contributed by atoms with Crippen molar-refractivity contribution in [2.75, 3.05) is 39.4 Å². The number of nitrogens with one attached hydrogen (secondary N) is 2. The summed E-state index contributed by atoms with van der Waals surface area (Å²) in [5.74, 6) is 0.573. The van der Waals surface area contributed by atoms with Gasteiger partial charge >= 0.3 is 0 Å². The minimum Gasteiger partial charge on any atom is -0.379 e. The highest BCUT2D eigenvalue weighted by molar-refractivity contribution is 5.79. The SMILES string of the molecule is CCNC(=NCc1ccc(C)c(F)c1)NCC(C)(C)N1CCOCC1. The maximum Gasteiger partial charge on any atom is 0.191 e. The minimum atomic E-state index is -0.181. The molecule has 0 atom stereocenters. The summed E-state index contributed by atoms with van der Waals surface area (Å²) in [7, 11) is 0. The molecule has 0 bridgehead atoms. The van der Waals surface area contributed by atoms with E-state index in [-0.39, 0.29) is 11.4 Å². The van der Waals surface area contributed by atoms with Crippen LogP contribution in [-0.2, 0) is 11.3 Å². The molecule has 6 heteroatoms. The van der Waals surface area contributed by atoms with Gasteiger partial charge in [0.1, 0.15) is 5.82 Å². The van der Waals surface area contributed by atoms with E-state index in [0.717, 1.165) is 50.9 Å². The molecule has 1 fully saturated rings. The van der Waals surface area contributed by atoms with E-state index >= 15 is 0 Å². The number of rotatable bonds is 6. The fourth-order valence-corrected chi connectivity index (χ4v) is 2.83. The zero-order valence-corrected chi connectivity index (χ0v) is 15.9. The van der Waals surface area contributed by atoms with Crippen LogP contribution in [0.5, 0.6) is 0 Å². The minimum absolute atomic E-state index is 0.00986. The third-order valence-electron chi connectivity index (χ3n) is 4.56. The highest BCUT2D eigenvalue weighted by Crippen LogP contribution is 2.15. The lowest BCUT2D eigenvalue weighted by molar-refractivity contribution is -0.00834. The molecule has 1 heterocycles. The normalized spacial score (nSPS) is 16.8. The van der Waals surface area contributed by atoms with Gasteiger partial charge < -0.3 is 15.4 Å². The van der Waals surface area contributed by atoms with Crippen molar-refractivity contribution in [3.63, 3.8) is 0 Å². The molecular formula is C19H31FN4O. The standard InChI is InChI=1S/C19H31FN4O/c1-5-21-18(22-13-16-7-6-15(2)17(20)12-16)23-14-19(3,4)24-8-10-25-11-9-24/h6-7,12H,5,8-11,13-14H2,1-4H3,(H2,21,22,23). The summed E-state index contributed by atoms with van der Waals surface area (Å²) in [6.45, 7) is 13.7. The second-order valence-corrected chi connectivity index (χ2v) is 7.04. The maximum atomic E-state index is 13.7. The molecule has 1 saturated heterocycles. The van der Waals surface area contributed by atoms with Crippen molar-refractivity contribution in [3.8, 4) is 0 Å². The lowest BCUT2D eigenvalue weighted by Crippen LogP contribution is -2.56. The van der Waals surface area contributed by atoms with Crippen molar-refractivity contribution in [2.45, 2.75) is 39.8 Å². The summed E-state index contributed by atoms with van der Waals surface area (Å²) < 4.78 is 19.1. The van der Waals surface area contributed by atoms with E-state index in [1.807, 2.05) is 13.0 Å². The van der Waals surface area contributed by atoms with Crippen molar-refractivity contribution in [1.82, 2.24) is 15.5 Å². The zero-order chi connectivity index (χ0) is 18.3. The van der Waals surface area contributed by atoms with Crippen LogP contribution in [0.2, 0.25) is 0 Å². The first-order valence-electron chi connectivity index (χ1n) is 9.02. The molecule has 25 heavy (non-hydrogen) atoms. The van der Waals surface area contributed by atoms with E-state index in [1.165, 1.54) is 0 Å². The molecule has 0 amide bonds. The number of halogens is 1. The third-order valence-corrected chi connectivity index (χ3v) is 4.56. The van der Waals surface area contributed by atoms with E-state index in [2.05, 4.69) is 34.4 Å². The monoisotopic (exact) mass is 350 g/mol. The molecule has 2 rings (SSSR count). The van der Waals surface area contributed by atoms with Crippen molar-refractivity contribution in [1.29, 1.82) is 0 Å². The van der Waals surface area contributed by atoms with Gasteiger partial charge in [0.2, 0.25) is 0 Å². The molecule has 0 unspecified atom stereocenters. The van der Waals surface area contributed by atoms with Crippen LogP contribution in [0.4, 0.5) is 4.39 Å². The first kappa shape index (κ1) is 19.7. The first-order chi connectivity index (χ1) is 11.9. The van der Waals surface area contributed by atoms with Crippen LogP contribution in [0.15, 0.2) is 23.2 Å². The quantitative estimate of drug-likeness (QED) is 0.611. The maximum absolute atomic E-state index is 13.7. The third kappa shape index (κ3) is 5.97. The molecule has 1 aromatic carbocycles. The van der Waals surface area contributed by atoms with Gasteiger partial charge in [0.05, 0.1) is 19.8 Å². The topological polar surface area (TPSA) is 48.9 Å².